The Balaban J connectivity index is 1.65. The van der Waals surface area contributed by atoms with E-state index in [0.29, 0.717) is 11.6 Å². The third-order valence-electron chi connectivity index (χ3n) is 6.24. The average molecular weight is 442 g/mol. The molecule has 4 nitrogen and oxygen atoms in total. The van der Waals surface area contributed by atoms with Crippen molar-refractivity contribution in [3.05, 3.63) is 118 Å². The van der Waals surface area contributed by atoms with Gasteiger partial charge in [0.2, 0.25) is 0 Å². The zero-order chi connectivity index (χ0) is 22.2. The van der Waals surface area contributed by atoms with E-state index in [-0.39, 0.29) is 12.1 Å². The largest absolute Gasteiger partial charge is 0.322 e. The lowest BCUT2D eigenvalue weighted by atomic mass is 10.0. The van der Waals surface area contributed by atoms with Gasteiger partial charge in [-0.15, -0.1) is 0 Å². The molecule has 1 atom stereocenters. The number of hydrogen-bond donors (Lipinski definition) is 1. The number of hydrogen-bond acceptors (Lipinski definition) is 1. The third kappa shape index (κ3) is 3.57. The van der Waals surface area contributed by atoms with Gasteiger partial charge < -0.3 is 14.8 Å². The highest BCUT2D eigenvalue weighted by Crippen LogP contribution is 2.37. The molecule has 1 N–H and O–H groups in total. The topological polar surface area (TPSA) is 37.3 Å². The fourth-order valence-corrected chi connectivity index (χ4v) is 4.64. The molecule has 0 radical (unpaired) electrons. The Labute approximate surface area is 193 Å². The van der Waals surface area contributed by atoms with Crippen molar-refractivity contribution in [3.63, 3.8) is 0 Å². The van der Waals surface area contributed by atoms with Crippen LogP contribution in [0, 0.1) is 13.8 Å². The minimum Gasteiger partial charge on any atom is -0.318 e. The van der Waals surface area contributed by atoms with Crippen LogP contribution in [-0.4, -0.2) is 15.5 Å². The maximum absolute atomic E-state index is 13.8. The maximum atomic E-state index is 13.8. The van der Waals surface area contributed by atoms with Gasteiger partial charge in [0.15, 0.2) is 0 Å². The first-order valence-corrected chi connectivity index (χ1v) is 11.1. The summed E-state index contributed by atoms with van der Waals surface area (Å²) in [7, 11) is 0. The summed E-state index contributed by atoms with van der Waals surface area (Å²) in [4.78, 5) is 15.7. The Morgan fingerprint density at radius 3 is 2.62 bits per heavy atom. The molecule has 0 aliphatic carbocycles. The molecule has 5 rings (SSSR count). The summed E-state index contributed by atoms with van der Waals surface area (Å²) in [6.07, 6.45) is 2.05. The first kappa shape index (κ1) is 20.4. The molecule has 3 aromatic carbocycles. The second-order valence-corrected chi connectivity index (χ2v) is 8.63. The highest BCUT2D eigenvalue weighted by Gasteiger charge is 2.33. The molecule has 0 bridgehead atoms. The summed E-state index contributed by atoms with van der Waals surface area (Å²) < 4.78 is 2.17. The molecule has 0 saturated heterocycles. The number of amides is 2. The van der Waals surface area contributed by atoms with Crippen LogP contribution in [0.3, 0.4) is 0 Å². The summed E-state index contributed by atoms with van der Waals surface area (Å²) in [5, 5.41) is 3.81. The molecule has 160 valence electrons. The van der Waals surface area contributed by atoms with E-state index in [4.69, 9.17) is 11.6 Å². The highest BCUT2D eigenvalue weighted by atomic mass is 35.5. The highest BCUT2D eigenvalue weighted by molar-refractivity contribution is 6.30. The summed E-state index contributed by atoms with van der Waals surface area (Å²) in [6, 6.07) is 25.6. The van der Waals surface area contributed by atoms with Crippen LogP contribution >= 0.6 is 11.6 Å². The van der Waals surface area contributed by atoms with E-state index in [9.17, 15) is 4.79 Å². The van der Waals surface area contributed by atoms with E-state index >= 15 is 0 Å². The number of fused-ring (bicyclic) bond motifs is 3. The fraction of sp³-hybridized carbons (Fsp3) is 0.148. The zero-order valence-electron chi connectivity index (χ0n) is 18.0. The van der Waals surface area contributed by atoms with Crippen molar-refractivity contribution in [2.45, 2.75) is 26.4 Å². The van der Waals surface area contributed by atoms with E-state index in [1.54, 1.807) is 0 Å². The molecule has 1 unspecified atom stereocenters. The first-order chi connectivity index (χ1) is 15.5. The number of aromatic nitrogens is 1. The predicted octanol–water partition coefficient (Wildman–Crippen LogP) is 6.88. The Morgan fingerprint density at radius 1 is 0.969 bits per heavy atom. The number of nitrogens with zero attached hydrogens (tertiary/aromatic N) is 2. The lowest BCUT2D eigenvalue weighted by Gasteiger charge is -2.31. The van der Waals surface area contributed by atoms with Crippen molar-refractivity contribution in [3.8, 4) is 5.69 Å². The minimum absolute atomic E-state index is 0.145. The van der Waals surface area contributed by atoms with Crippen molar-refractivity contribution < 1.29 is 4.79 Å². The monoisotopic (exact) mass is 441 g/mol. The number of anilines is 1. The van der Waals surface area contributed by atoms with E-state index in [1.165, 1.54) is 0 Å². The maximum Gasteiger partial charge on any atom is 0.322 e. The standard InChI is InChI=1S/C27H24ClN3O/c1-18-8-5-12-23(19(18)2)29-27(32)31-17-21-9-3-4-13-24(21)30-15-7-14-25(30)26(31)20-10-6-11-22(28)16-20/h3-16,26H,17H2,1-2H3,(H,29,32). The number of urea groups is 1. The lowest BCUT2D eigenvalue weighted by molar-refractivity contribution is 0.194. The van der Waals surface area contributed by atoms with Gasteiger partial charge in [-0.2, -0.15) is 0 Å². The number of halogens is 1. The van der Waals surface area contributed by atoms with Crippen LogP contribution in [0.2, 0.25) is 5.02 Å². The molecule has 5 heteroatoms. The van der Waals surface area contributed by atoms with Gasteiger partial charge in [-0.3, -0.25) is 0 Å². The Hall–Kier alpha value is -3.50. The van der Waals surface area contributed by atoms with E-state index < -0.39 is 0 Å². The van der Waals surface area contributed by atoms with Gasteiger partial charge in [0.1, 0.15) is 0 Å². The van der Waals surface area contributed by atoms with Crippen LogP contribution in [0.15, 0.2) is 85.1 Å². The Kier molecular flexibility index (Phi) is 5.24. The molecule has 0 fully saturated rings. The molecule has 1 aliphatic heterocycles. The predicted molar refractivity (Wildman–Crippen MR) is 130 cm³/mol. The van der Waals surface area contributed by atoms with Crippen LogP contribution in [0.25, 0.3) is 5.69 Å². The van der Waals surface area contributed by atoms with E-state index in [1.807, 2.05) is 66.4 Å². The molecular weight excluding hydrogens is 418 g/mol. The summed E-state index contributed by atoms with van der Waals surface area (Å²) in [5.41, 5.74) is 7.21. The number of aryl methyl sites for hydroxylation is 1. The average Bonchev–Trinajstić information content (AvgIpc) is 3.21. The molecule has 1 aromatic heterocycles. The SMILES string of the molecule is Cc1cccc(NC(=O)N2Cc3ccccc3-n3cccc3C2c2cccc(Cl)c2)c1C. The van der Waals surface area contributed by atoms with Crippen LogP contribution in [0.1, 0.15) is 34.0 Å². The lowest BCUT2D eigenvalue weighted by Crippen LogP contribution is -2.38. The van der Waals surface area contributed by atoms with Crippen LogP contribution in [0.5, 0.6) is 0 Å². The molecular formula is C27H24ClN3O. The smallest absolute Gasteiger partial charge is 0.318 e. The number of carbonyl (C=O) groups excluding carboxylic acids is 1. The van der Waals surface area contributed by atoms with Gasteiger partial charge in [0.25, 0.3) is 0 Å². The van der Waals surface area contributed by atoms with Gasteiger partial charge in [-0.25, -0.2) is 4.79 Å². The number of nitrogens with one attached hydrogen (secondary N) is 1. The van der Waals surface area contributed by atoms with Crippen LogP contribution in [-0.2, 0) is 6.54 Å². The van der Waals surface area contributed by atoms with Gasteiger partial charge in [-0.05, 0) is 72.5 Å². The van der Waals surface area contributed by atoms with Gasteiger partial charge in [0, 0.05) is 22.6 Å². The quantitative estimate of drug-likeness (QED) is 0.361. The number of para-hydroxylation sites is 1. The molecule has 4 aromatic rings. The van der Waals surface area contributed by atoms with Crippen LogP contribution in [0.4, 0.5) is 10.5 Å². The molecule has 32 heavy (non-hydrogen) atoms. The summed E-state index contributed by atoms with van der Waals surface area (Å²) >= 11 is 6.36. The number of benzene rings is 3. The number of rotatable bonds is 2. The van der Waals surface area contributed by atoms with Gasteiger partial charge in [0.05, 0.1) is 18.3 Å². The third-order valence-corrected chi connectivity index (χ3v) is 6.47. The van der Waals surface area contributed by atoms with Crippen molar-refractivity contribution in [1.82, 2.24) is 9.47 Å². The molecule has 2 amide bonds. The molecule has 2 heterocycles. The normalized spacial score (nSPS) is 15.0. The summed E-state index contributed by atoms with van der Waals surface area (Å²) in [6.45, 7) is 4.56. The summed E-state index contributed by atoms with van der Waals surface area (Å²) in [5.74, 6) is 0. The second kappa shape index (κ2) is 8.21. The fourth-order valence-electron chi connectivity index (χ4n) is 4.44. The van der Waals surface area contributed by atoms with Crippen molar-refractivity contribution in [2.75, 3.05) is 5.32 Å². The van der Waals surface area contributed by atoms with Crippen molar-refractivity contribution in [1.29, 1.82) is 0 Å². The zero-order valence-corrected chi connectivity index (χ0v) is 18.8. The Bertz CT molecular complexity index is 1310. The molecule has 0 saturated carbocycles. The van der Waals surface area contributed by atoms with Crippen molar-refractivity contribution in [2.24, 2.45) is 0 Å². The Morgan fingerprint density at radius 2 is 1.78 bits per heavy atom. The second-order valence-electron chi connectivity index (χ2n) is 8.19. The molecule has 0 spiro atoms. The van der Waals surface area contributed by atoms with Gasteiger partial charge in [-0.1, -0.05) is 54.1 Å². The first-order valence-electron chi connectivity index (χ1n) is 10.7. The van der Waals surface area contributed by atoms with Gasteiger partial charge >= 0.3 is 6.03 Å². The van der Waals surface area contributed by atoms with E-state index in [0.717, 1.165) is 39.3 Å². The minimum atomic E-state index is -0.291. The van der Waals surface area contributed by atoms with Crippen molar-refractivity contribution >= 4 is 23.3 Å². The number of carbonyl (C=O) groups is 1. The van der Waals surface area contributed by atoms with Crippen LogP contribution < -0.4 is 5.32 Å². The van der Waals surface area contributed by atoms with E-state index in [2.05, 4.69) is 47.3 Å². The molecule has 1 aliphatic rings.